The summed E-state index contributed by atoms with van der Waals surface area (Å²) < 4.78 is 9.66. The number of nitrogens with zero attached hydrogens (tertiary/aromatic N) is 6. The topological polar surface area (TPSA) is 99.8 Å². The Morgan fingerprint density at radius 1 is 1.29 bits per heavy atom. The van der Waals surface area contributed by atoms with E-state index >= 15 is 0 Å². The molecule has 0 aliphatic carbocycles. The Morgan fingerprint density at radius 3 is 2.96 bits per heavy atom. The van der Waals surface area contributed by atoms with Gasteiger partial charge in [0.25, 0.3) is 5.91 Å². The van der Waals surface area contributed by atoms with E-state index in [4.69, 9.17) is 4.74 Å². The fraction of sp³-hybridized carbons (Fsp3) is 0.526. The van der Waals surface area contributed by atoms with Gasteiger partial charge in [0.05, 0.1) is 11.9 Å². The van der Waals surface area contributed by atoms with Gasteiger partial charge >= 0.3 is 0 Å². The van der Waals surface area contributed by atoms with E-state index in [9.17, 15) is 4.79 Å². The van der Waals surface area contributed by atoms with Crippen LogP contribution in [0.3, 0.4) is 0 Å². The molecular formula is C19H23N7O2. The number of rotatable bonds is 4. The molecule has 3 aromatic rings. The SMILES string of the molecule is Cc1nnc2n1CC(CNC(=O)c1cnc3c(c1)ncn3C1CCOCC1)C2. The van der Waals surface area contributed by atoms with Gasteiger partial charge in [0.1, 0.15) is 17.2 Å². The highest BCUT2D eigenvalue weighted by Crippen LogP contribution is 2.25. The first-order valence-electron chi connectivity index (χ1n) is 9.76. The molecule has 0 radical (unpaired) electrons. The van der Waals surface area contributed by atoms with Crippen LogP contribution in [0.5, 0.6) is 0 Å². The molecule has 1 unspecified atom stereocenters. The summed E-state index contributed by atoms with van der Waals surface area (Å²) in [4.78, 5) is 21.6. The second kappa shape index (κ2) is 6.97. The first-order chi connectivity index (χ1) is 13.7. The largest absolute Gasteiger partial charge is 0.381 e. The zero-order valence-electron chi connectivity index (χ0n) is 15.8. The van der Waals surface area contributed by atoms with Gasteiger partial charge in [-0.2, -0.15) is 0 Å². The number of pyridine rings is 1. The Balaban J connectivity index is 1.25. The zero-order valence-corrected chi connectivity index (χ0v) is 15.8. The molecular weight excluding hydrogens is 358 g/mol. The van der Waals surface area contributed by atoms with Gasteiger partial charge in [-0.25, -0.2) is 9.97 Å². The summed E-state index contributed by atoms with van der Waals surface area (Å²) in [5.41, 5.74) is 2.12. The molecule has 2 aliphatic rings. The van der Waals surface area contributed by atoms with Crippen LogP contribution < -0.4 is 5.32 Å². The average molecular weight is 381 g/mol. The number of aromatic nitrogens is 6. The molecule has 5 rings (SSSR count). The van der Waals surface area contributed by atoms with E-state index in [1.165, 1.54) is 0 Å². The van der Waals surface area contributed by atoms with Crippen molar-refractivity contribution in [2.45, 2.75) is 38.8 Å². The number of imidazole rings is 1. The number of fused-ring (bicyclic) bond motifs is 2. The van der Waals surface area contributed by atoms with Crippen molar-refractivity contribution in [3.8, 4) is 0 Å². The second-order valence-corrected chi connectivity index (χ2v) is 7.62. The average Bonchev–Trinajstić information content (AvgIpc) is 3.42. The smallest absolute Gasteiger partial charge is 0.252 e. The van der Waals surface area contributed by atoms with Gasteiger partial charge in [-0.1, -0.05) is 0 Å². The summed E-state index contributed by atoms with van der Waals surface area (Å²) in [6, 6.07) is 2.18. The van der Waals surface area contributed by atoms with Gasteiger partial charge in [0, 0.05) is 50.9 Å². The summed E-state index contributed by atoms with van der Waals surface area (Å²) in [7, 11) is 0. The maximum Gasteiger partial charge on any atom is 0.252 e. The molecule has 2 aliphatic heterocycles. The summed E-state index contributed by atoms with van der Waals surface area (Å²) >= 11 is 0. The maximum absolute atomic E-state index is 12.6. The highest BCUT2D eigenvalue weighted by Gasteiger charge is 2.25. The number of ether oxygens (including phenoxy) is 1. The first kappa shape index (κ1) is 17.3. The van der Waals surface area contributed by atoms with Crippen molar-refractivity contribution >= 4 is 17.1 Å². The van der Waals surface area contributed by atoms with Crippen molar-refractivity contribution in [2.24, 2.45) is 5.92 Å². The molecule has 0 spiro atoms. The molecule has 1 atom stereocenters. The minimum atomic E-state index is -0.116. The van der Waals surface area contributed by atoms with Crippen LogP contribution in [0.15, 0.2) is 18.6 Å². The number of nitrogens with one attached hydrogen (secondary N) is 1. The van der Waals surface area contributed by atoms with Crippen molar-refractivity contribution in [3.63, 3.8) is 0 Å². The number of hydrogen-bond acceptors (Lipinski definition) is 6. The Hall–Kier alpha value is -2.81. The molecule has 1 fully saturated rings. The van der Waals surface area contributed by atoms with Crippen LogP contribution in [0.1, 0.15) is 40.9 Å². The molecule has 9 nitrogen and oxygen atoms in total. The van der Waals surface area contributed by atoms with Gasteiger partial charge in [0.15, 0.2) is 5.65 Å². The highest BCUT2D eigenvalue weighted by atomic mass is 16.5. The Labute approximate surface area is 162 Å². The van der Waals surface area contributed by atoms with Crippen molar-refractivity contribution in [2.75, 3.05) is 19.8 Å². The van der Waals surface area contributed by atoms with Gasteiger partial charge in [0.2, 0.25) is 0 Å². The van der Waals surface area contributed by atoms with Crippen molar-refractivity contribution < 1.29 is 9.53 Å². The summed E-state index contributed by atoms with van der Waals surface area (Å²) in [6.45, 7) is 4.94. The number of aryl methyl sites for hydroxylation is 1. The molecule has 1 N–H and O–H groups in total. The Kier molecular flexibility index (Phi) is 4.31. The lowest BCUT2D eigenvalue weighted by Gasteiger charge is -2.23. The van der Waals surface area contributed by atoms with E-state index in [0.717, 1.165) is 61.8 Å². The van der Waals surface area contributed by atoms with E-state index in [2.05, 4.69) is 34.6 Å². The van der Waals surface area contributed by atoms with Crippen molar-refractivity contribution in [1.29, 1.82) is 0 Å². The van der Waals surface area contributed by atoms with Crippen LogP contribution in [0.2, 0.25) is 0 Å². The quantitative estimate of drug-likeness (QED) is 0.731. The van der Waals surface area contributed by atoms with E-state index in [0.29, 0.717) is 24.1 Å². The fourth-order valence-electron chi connectivity index (χ4n) is 4.14. The number of hydrogen-bond donors (Lipinski definition) is 1. The van der Waals surface area contributed by atoms with E-state index < -0.39 is 0 Å². The molecule has 9 heteroatoms. The first-order valence-corrected chi connectivity index (χ1v) is 9.76. The summed E-state index contributed by atoms with van der Waals surface area (Å²) in [5.74, 6) is 2.16. The van der Waals surface area contributed by atoms with Gasteiger partial charge in [-0.3, -0.25) is 4.79 Å². The van der Waals surface area contributed by atoms with Gasteiger partial charge in [-0.05, 0) is 25.8 Å². The zero-order chi connectivity index (χ0) is 19.1. The minimum Gasteiger partial charge on any atom is -0.381 e. The van der Waals surface area contributed by atoms with Crippen LogP contribution >= 0.6 is 0 Å². The third kappa shape index (κ3) is 3.05. The standard InChI is InChI=1S/C19H23N7O2/c1-12-23-24-17-6-13(10-25(12)17)8-21-19(27)14-7-16-18(20-9-14)26(11-22-16)15-2-4-28-5-3-15/h7,9,11,13,15H,2-6,8,10H2,1H3,(H,21,27). The summed E-state index contributed by atoms with van der Waals surface area (Å²) in [6.07, 6.45) is 6.23. The molecule has 3 aromatic heterocycles. The predicted octanol–water partition coefficient (Wildman–Crippen LogP) is 1.29. The predicted molar refractivity (Wildman–Crippen MR) is 101 cm³/mol. The third-order valence-electron chi connectivity index (χ3n) is 5.74. The maximum atomic E-state index is 12.6. The van der Waals surface area contributed by atoms with E-state index in [1.54, 1.807) is 6.20 Å². The number of amides is 1. The molecule has 1 amide bonds. The molecule has 0 saturated carbocycles. The summed E-state index contributed by atoms with van der Waals surface area (Å²) in [5, 5.41) is 11.3. The monoisotopic (exact) mass is 381 g/mol. The lowest BCUT2D eigenvalue weighted by molar-refractivity contribution is 0.0704. The third-order valence-corrected chi connectivity index (χ3v) is 5.74. The molecule has 146 valence electrons. The van der Waals surface area contributed by atoms with Crippen LogP contribution in [0.4, 0.5) is 0 Å². The van der Waals surface area contributed by atoms with Crippen molar-refractivity contribution in [3.05, 3.63) is 35.8 Å². The van der Waals surface area contributed by atoms with Crippen LogP contribution in [-0.2, 0) is 17.7 Å². The minimum absolute atomic E-state index is 0.116. The van der Waals surface area contributed by atoms with Crippen LogP contribution in [0.25, 0.3) is 11.2 Å². The van der Waals surface area contributed by atoms with E-state index in [-0.39, 0.29) is 5.91 Å². The second-order valence-electron chi connectivity index (χ2n) is 7.62. The number of carbonyl (C=O) groups excluding carboxylic acids is 1. The van der Waals surface area contributed by atoms with Crippen LogP contribution in [-0.4, -0.2) is 55.0 Å². The molecule has 28 heavy (non-hydrogen) atoms. The lowest BCUT2D eigenvalue weighted by atomic mass is 10.1. The van der Waals surface area contributed by atoms with Crippen molar-refractivity contribution in [1.82, 2.24) is 34.6 Å². The fourth-order valence-corrected chi connectivity index (χ4v) is 4.14. The highest BCUT2D eigenvalue weighted by molar-refractivity contribution is 5.96. The molecule has 5 heterocycles. The molecule has 1 saturated heterocycles. The normalized spacial score (nSPS) is 19.8. The Morgan fingerprint density at radius 2 is 2.14 bits per heavy atom. The van der Waals surface area contributed by atoms with E-state index in [1.807, 2.05) is 19.3 Å². The van der Waals surface area contributed by atoms with Gasteiger partial charge < -0.3 is 19.2 Å². The van der Waals surface area contributed by atoms with Gasteiger partial charge in [-0.15, -0.1) is 10.2 Å². The molecule has 0 bridgehead atoms. The molecule has 0 aromatic carbocycles. The Bertz CT molecular complexity index is 1020. The lowest BCUT2D eigenvalue weighted by Crippen LogP contribution is -2.30. The van der Waals surface area contributed by atoms with Crippen LogP contribution in [0, 0.1) is 12.8 Å². The number of carbonyl (C=O) groups is 1.